The lowest BCUT2D eigenvalue weighted by Gasteiger charge is -2.43. The van der Waals surface area contributed by atoms with Crippen LogP contribution >= 0.6 is 0 Å². The summed E-state index contributed by atoms with van der Waals surface area (Å²) in [6.45, 7) is 17.3. The van der Waals surface area contributed by atoms with Crippen LogP contribution in [0, 0.1) is 38.5 Å². The number of para-hydroxylation sites is 1. The van der Waals surface area contributed by atoms with Gasteiger partial charge in [-0.05, 0) is 87.1 Å². The van der Waals surface area contributed by atoms with Crippen molar-refractivity contribution in [1.29, 1.82) is 0 Å². The maximum atomic E-state index is 13.3. The zero-order chi connectivity index (χ0) is 30.3. The molecule has 1 aliphatic heterocycles. The molecule has 228 valence electrons. The Bertz CT molecular complexity index is 1170. The first-order valence-corrected chi connectivity index (χ1v) is 15.9. The summed E-state index contributed by atoms with van der Waals surface area (Å²) >= 11 is 0. The van der Waals surface area contributed by atoms with Crippen LogP contribution in [0.4, 0.5) is 5.69 Å². The highest BCUT2D eigenvalue weighted by Gasteiger charge is 2.45. The van der Waals surface area contributed by atoms with Gasteiger partial charge in [0.05, 0.1) is 5.56 Å². The average molecular weight is 566 g/mol. The second-order valence-electron chi connectivity index (χ2n) is 13.5. The zero-order valence-electron chi connectivity index (χ0n) is 26.9. The van der Waals surface area contributed by atoms with Crippen LogP contribution in [0.1, 0.15) is 125 Å². The lowest BCUT2D eigenvalue weighted by molar-refractivity contribution is -0.0752. The molecule has 41 heavy (non-hydrogen) atoms. The third-order valence-corrected chi connectivity index (χ3v) is 9.42. The average Bonchev–Trinajstić information content (AvgIpc) is 2.91. The molecule has 5 heteroatoms. The number of nitrogens with two attached hydrogens (primary N) is 1. The summed E-state index contributed by atoms with van der Waals surface area (Å²) in [6.07, 6.45) is 10.8. The standard InChI is InChI=1S/C36H55NO4/c1-23(2)14-11-15-24(3)16-12-17-25(4)18-13-21-36(8)32(40-35(39)29-19-9-10-20-31(29)37)22-30-28(7)33(38)26(5)27(6)34(30)41-36/h9-10,19-20,23-25,32,38H,11-18,21-22,37H2,1-8H3/t24-,25+,32?,36-/m0/s1. The van der Waals surface area contributed by atoms with E-state index < -0.39 is 17.7 Å². The predicted molar refractivity (Wildman–Crippen MR) is 170 cm³/mol. The number of carbonyl (C=O) groups is 1. The Kier molecular flexibility index (Phi) is 11.6. The van der Waals surface area contributed by atoms with Gasteiger partial charge in [0, 0.05) is 17.7 Å². The van der Waals surface area contributed by atoms with Crippen LogP contribution in [0.5, 0.6) is 11.5 Å². The molecule has 0 fully saturated rings. The minimum absolute atomic E-state index is 0.286. The molecule has 0 radical (unpaired) electrons. The van der Waals surface area contributed by atoms with E-state index in [1.165, 1.54) is 38.5 Å². The summed E-state index contributed by atoms with van der Waals surface area (Å²) in [5.74, 6) is 2.92. The molecule has 0 bridgehead atoms. The first-order chi connectivity index (χ1) is 19.3. The van der Waals surface area contributed by atoms with E-state index in [-0.39, 0.29) is 5.75 Å². The molecule has 0 amide bonds. The maximum absolute atomic E-state index is 13.3. The second-order valence-corrected chi connectivity index (χ2v) is 13.5. The van der Waals surface area contributed by atoms with E-state index in [1.54, 1.807) is 18.2 Å². The van der Waals surface area contributed by atoms with Gasteiger partial charge in [-0.3, -0.25) is 0 Å². The van der Waals surface area contributed by atoms with Crippen LogP contribution in [0.15, 0.2) is 24.3 Å². The number of anilines is 1. The Labute approximate surface area is 249 Å². The minimum atomic E-state index is -0.683. The van der Waals surface area contributed by atoms with Crippen molar-refractivity contribution in [2.24, 2.45) is 17.8 Å². The fourth-order valence-electron chi connectivity index (χ4n) is 6.29. The number of hydrogen-bond acceptors (Lipinski definition) is 5. The Morgan fingerprint density at radius 2 is 1.54 bits per heavy atom. The smallest absolute Gasteiger partial charge is 0.340 e. The number of aromatic hydroxyl groups is 1. The van der Waals surface area contributed by atoms with Crippen molar-refractivity contribution < 1.29 is 19.4 Å². The highest BCUT2D eigenvalue weighted by molar-refractivity contribution is 5.95. The number of phenolic OH excluding ortho intramolecular Hbond substituents is 1. The Morgan fingerprint density at radius 3 is 2.15 bits per heavy atom. The van der Waals surface area contributed by atoms with Crippen molar-refractivity contribution in [2.75, 3.05) is 5.73 Å². The van der Waals surface area contributed by atoms with Gasteiger partial charge in [-0.25, -0.2) is 4.79 Å². The number of benzene rings is 2. The molecule has 0 spiro atoms. The molecule has 0 aliphatic carbocycles. The van der Waals surface area contributed by atoms with E-state index in [0.29, 0.717) is 23.6 Å². The molecular formula is C36H55NO4. The van der Waals surface area contributed by atoms with E-state index in [1.807, 2.05) is 26.8 Å². The molecule has 0 saturated carbocycles. The number of fused-ring (bicyclic) bond motifs is 1. The molecule has 1 unspecified atom stereocenters. The fraction of sp³-hybridized carbons (Fsp3) is 0.639. The van der Waals surface area contributed by atoms with Gasteiger partial charge < -0.3 is 20.3 Å². The third-order valence-electron chi connectivity index (χ3n) is 9.42. The highest BCUT2D eigenvalue weighted by Crippen LogP contribution is 2.45. The maximum Gasteiger partial charge on any atom is 0.340 e. The van der Waals surface area contributed by atoms with Crippen molar-refractivity contribution >= 4 is 11.7 Å². The van der Waals surface area contributed by atoms with E-state index in [9.17, 15) is 9.90 Å². The molecule has 2 aromatic rings. The summed E-state index contributed by atoms with van der Waals surface area (Å²) in [5.41, 5.74) is 9.67. The van der Waals surface area contributed by atoms with Gasteiger partial charge in [0.25, 0.3) is 0 Å². The van der Waals surface area contributed by atoms with Crippen molar-refractivity contribution in [3.63, 3.8) is 0 Å². The number of esters is 1. The number of phenols is 1. The van der Waals surface area contributed by atoms with Crippen LogP contribution in [-0.2, 0) is 11.2 Å². The largest absolute Gasteiger partial charge is 0.507 e. The number of hydrogen-bond donors (Lipinski definition) is 2. The SMILES string of the molecule is Cc1c(C)c2c(c(C)c1O)CC(OC(=O)c1ccccc1N)[C@](C)(CCC[C@H](C)CCC[C@@H](C)CCCC(C)C)O2. The zero-order valence-corrected chi connectivity index (χ0v) is 26.9. The Hall–Kier alpha value is -2.69. The minimum Gasteiger partial charge on any atom is -0.507 e. The summed E-state index contributed by atoms with van der Waals surface area (Å²) in [4.78, 5) is 13.3. The van der Waals surface area contributed by atoms with Gasteiger partial charge >= 0.3 is 5.97 Å². The summed E-state index contributed by atoms with van der Waals surface area (Å²) in [7, 11) is 0. The number of carbonyl (C=O) groups excluding carboxylic acids is 1. The Balaban J connectivity index is 1.67. The molecule has 1 aliphatic rings. The molecule has 3 rings (SSSR count). The molecule has 3 N–H and O–H groups in total. The van der Waals surface area contributed by atoms with Gasteiger partial charge in [-0.1, -0.05) is 84.8 Å². The summed E-state index contributed by atoms with van der Waals surface area (Å²) in [6, 6.07) is 7.01. The van der Waals surface area contributed by atoms with E-state index in [2.05, 4.69) is 34.6 Å². The summed E-state index contributed by atoms with van der Waals surface area (Å²) < 4.78 is 12.9. The molecule has 2 aromatic carbocycles. The topological polar surface area (TPSA) is 81.8 Å². The molecule has 5 nitrogen and oxygen atoms in total. The number of ether oxygens (including phenoxy) is 2. The third kappa shape index (κ3) is 8.42. The summed E-state index contributed by atoms with van der Waals surface area (Å²) in [5, 5.41) is 10.7. The van der Waals surface area contributed by atoms with Crippen LogP contribution in [0.2, 0.25) is 0 Å². The fourth-order valence-corrected chi connectivity index (χ4v) is 6.29. The monoisotopic (exact) mass is 565 g/mol. The predicted octanol–water partition coefficient (Wildman–Crippen LogP) is 9.26. The quantitative estimate of drug-likeness (QED) is 0.176. The molecule has 1 heterocycles. The Morgan fingerprint density at radius 1 is 0.951 bits per heavy atom. The van der Waals surface area contributed by atoms with E-state index in [4.69, 9.17) is 15.2 Å². The highest BCUT2D eigenvalue weighted by atomic mass is 16.6. The first kappa shape index (κ1) is 32.8. The van der Waals surface area contributed by atoms with E-state index >= 15 is 0 Å². The van der Waals surface area contributed by atoms with Crippen molar-refractivity contribution in [3.8, 4) is 11.5 Å². The van der Waals surface area contributed by atoms with Crippen LogP contribution in [0.3, 0.4) is 0 Å². The van der Waals surface area contributed by atoms with Crippen LogP contribution in [0.25, 0.3) is 0 Å². The van der Waals surface area contributed by atoms with Crippen molar-refractivity contribution in [3.05, 3.63) is 52.1 Å². The van der Waals surface area contributed by atoms with Crippen molar-refractivity contribution in [1.82, 2.24) is 0 Å². The van der Waals surface area contributed by atoms with Gasteiger partial charge in [0.15, 0.2) is 0 Å². The van der Waals surface area contributed by atoms with Crippen molar-refractivity contribution in [2.45, 2.75) is 131 Å². The normalized spacial score (nSPS) is 19.9. The lowest BCUT2D eigenvalue weighted by Crippen LogP contribution is -2.51. The first-order valence-electron chi connectivity index (χ1n) is 15.9. The van der Waals surface area contributed by atoms with Gasteiger partial charge in [0.2, 0.25) is 0 Å². The second kappa shape index (κ2) is 14.5. The number of rotatable bonds is 14. The van der Waals surface area contributed by atoms with Gasteiger partial charge in [-0.2, -0.15) is 0 Å². The molecule has 0 aromatic heterocycles. The van der Waals surface area contributed by atoms with Gasteiger partial charge in [-0.15, -0.1) is 0 Å². The molecular weight excluding hydrogens is 510 g/mol. The lowest BCUT2D eigenvalue weighted by atomic mass is 9.81. The van der Waals surface area contributed by atoms with Crippen LogP contribution in [-0.4, -0.2) is 22.8 Å². The van der Waals surface area contributed by atoms with Gasteiger partial charge in [0.1, 0.15) is 23.2 Å². The number of nitrogen functional groups attached to an aromatic ring is 1. The molecule has 4 atom stereocenters. The molecule has 0 saturated heterocycles. The van der Waals surface area contributed by atoms with E-state index in [0.717, 1.165) is 59.1 Å². The van der Waals surface area contributed by atoms with Crippen LogP contribution < -0.4 is 10.5 Å².